The maximum Gasteiger partial charge on any atom is 0.416 e. The van der Waals surface area contributed by atoms with E-state index in [0.717, 1.165) is 39.7 Å². The molecule has 3 aromatic carbocycles. The molecule has 0 fully saturated rings. The number of aromatic amines is 1. The molecule has 6 nitrogen and oxygen atoms in total. The van der Waals surface area contributed by atoms with Gasteiger partial charge in [0.15, 0.2) is 0 Å². The molecular weight excluding hydrogens is 541 g/mol. The summed E-state index contributed by atoms with van der Waals surface area (Å²) in [6, 6.07) is 18.0. The molecule has 0 aliphatic heterocycles. The summed E-state index contributed by atoms with van der Waals surface area (Å²) in [6.45, 7) is 8.48. The zero-order valence-electron chi connectivity index (χ0n) is 24.4. The van der Waals surface area contributed by atoms with Gasteiger partial charge in [-0.1, -0.05) is 56.3 Å². The Labute approximate surface area is 244 Å². The number of halogens is 3. The van der Waals surface area contributed by atoms with Crippen molar-refractivity contribution >= 4 is 28.5 Å². The Hall–Kier alpha value is -4.27. The van der Waals surface area contributed by atoms with Crippen molar-refractivity contribution in [1.82, 2.24) is 14.8 Å². The number of para-hydroxylation sites is 1. The molecule has 4 rings (SSSR count). The van der Waals surface area contributed by atoms with Crippen molar-refractivity contribution in [1.29, 1.82) is 0 Å². The average Bonchev–Trinajstić information content (AvgIpc) is 3.35. The zero-order chi connectivity index (χ0) is 30.4. The van der Waals surface area contributed by atoms with E-state index in [0.29, 0.717) is 30.8 Å². The van der Waals surface area contributed by atoms with Gasteiger partial charge in [-0.2, -0.15) is 13.2 Å². The van der Waals surface area contributed by atoms with Crippen molar-refractivity contribution in [2.75, 3.05) is 25.0 Å². The second kappa shape index (κ2) is 13.1. The van der Waals surface area contributed by atoms with Gasteiger partial charge in [-0.25, -0.2) is 4.79 Å². The first-order valence-corrected chi connectivity index (χ1v) is 14.0. The van der Waals surface area contributed by atoms with E-state index in [9.17, 15) is 22.8 Å². The van der Waals surface area contributed by atoms with Crippen LogP contribution < -0.4 is 5.32 Å². The fourth-order valence-electron chi connectivity index (χ4n) is 4.91. The van der Waals surface area contributed by atoms with Crippen molar-refractivity contribution in [3.05, 3.63) is 101 Å². The highest BCUT2D eigenvalue weighted by Gasteiger charge is 2.30. The molecule has 0 saturated heterocycles. The van der Waals surface area contributed by atoms with Crippen LogP contribution in [-0.4, -0.2) is 46.4 Å². The van der Waals surface area contributed by atoms with Crippen LogP contribution in [0.4, 0.5) is 23.7 Å². The Morgan fingerprint density at radius 3 is 2.33 bits per heavy atom. The number of carbonyl (C=O) groups excluding carboxylic acids is 2. The third kappa shape index (κ3) is 7.72. The number of alkyl halides is 3. The van der Waals surface area contributed by atoms with Gasteiger partial charge in [-0.15, -0.1) is 0 Å². The van der Waals surface area contributed by atoms with E-state index in [4.69, 9.17) is 0 Å². The standard InChI is InChI=1S/C33H37F3N4O2/c1-22(2)19-40(32(42)38-29-11-7-8-23(3)24(29)4)21-31(41)39(20-25-12-14-27(15-13-25)33(34,35)36)17-16-26-18-37-30-10-6-5-9-28(26)30/h5-15,18,22,37H,16-17,19-21H2,1-4H3,(H,38,42). The average molecular weight is 579 g/mol. The lowest BCUT2D eigenvalue weighted by molar-refractivity contribution is -0.137. The first-order valence-electron chi connectivity index (χ1n) is 14.0. The maximum absolute atomic E-state index is 13.8. The van der Waals surface area contributed by atoms with Crippen LogP contribution in [0.5, 0.6) is 0 Å². The molecule has 0 aliphatic carbocycles. The smallest absolute Gasteiger partial charge is 0.361 e. The molecule has 4 aromatic rings. The van der Waals surface area contributed by atoms with Crippen molar-refractivity contribution in [3.63, 3.8) is 0 Å². The number of hydrogen-bond acceptors (Lipinski definition) is 2. The van der Waals surface area contributed by atoms with Crippen LogP contribution >= 0.6 is 0 Å². The molecule has 0 atom stereocenters. The van der Waals surface area contributed by atoms with Gasteiger partial charge in [-0.3, -0.25) is 4.79 Å². The second-order valence-corrected chi connectivity index (χ2v) is 11.1. The number of carbonyl (C=O) groups is 2. The molecule has 0 unspecified atom stereocenters. The molecule has 0 bridgehead atoms. The summed E-state index contributed by atoms with van der Waals surface area (Å²) in [5.74, 6) is -0.178. The van der Waals surface area contributed by atoms with E-state index >= 15 is 0 Å². The predicted octanol–water partition coefficient (Wildman–Crippen LogP) is 7.56. The number of aryl methyl sites for hydroxylation is 1. The molecule has 0 radical (unpaired) electrons. The van der Waals surface area contributed by atoms with Gasteiger partial charge in [0.05, 0.1) is 5.56 Å². The van der Waals surface area contributed by atoms with Crippen molar-refractivity contribution < 1.29 is 22.8 Å². The van der Waals surface area contributed by atoms with Crippen LogP contribution in [-0.2, 0) is 23.9 Å². The van der Waals surface area contributed by atoms with Crippen LogP contribution in [0.1, 0.15) is 41.7 Å². The summed E-state index contributed by atoms with van der Waals surface area (Å²) in [5.41, 5.74) is 4.52. The van der Waals surface area contributed by atoms with Gasteiger partial charge < -0.3 is 20.1 Å². The number of nitrogens with one attached hydrogen (secondary N) is 2. The van der Waals surface area contributed by atoms with Crippen LogP contribution in [0.25, 0.3) is 10.9 Å². The third-order valence-electron chi connectivity index (χ3n) is 7.38. The summed E-state index contributed by atoms with van der Waals surface area (Å²) in [6.07, 6.45) is -1.99. The Balaban J connectivity index is 1.55. The van der Waals surface area contributed by atoms with E-state index in [1.165, 1.54) is 17.0 Å². The largest absolute Gasteiger partial charge is 0.416 e. The molecule has 1 aromatic heterocycles. The summed E-state index contributed by atoms with van der Waals surface area (Å²) in [5, 5.41) is 4.00. The minimum absolute atomic E-state index is 0.108. The molecular formula is C33H37F3N4O2. The van der Waals surface area contributed by atoms with Crippen molar-refractivity contribution in [3.8, 4) is 0 Å². The van der Waals surface area contributed by atoms with Crippen molar-refractivity contribution in [2.24, 2.45) is 5.92 Å². The van der Waals surface area contributed by atoms with Crippen LogP contribution in [0, 0.1) is 19.8 Å². The SMILES string of the molecule is Cc1cccc(NC(=O)N(CC(=O)N(CCc2c[nH]c3ccccc23)Cc2ccc(C(F)(F)F)cc2)CC(C)C)c1C. The van der Waals surface area contributed by atoms with Crippen LogP contribution in [0.2, 0.25) is 0 Å². The third-order valence-corrected chi connectivity index (χ3v) is 7.38. The lowest BCUT2D eigenvalue weighted by atomic mass is 10.1. The highest BCUT2D eigenvalue weighted by atomic mass is 19.4. The number of urea groups is 1. The lowest BCUT2D eigenvalue weighted by Gasteiger charge is -2.29. The summed E-state index contributed by atoms with van der Waals surface area (Å²) < 4.78 is 39.4. The zero-order valence-corrected chi connectivity index (χ0v) is 24.4. The highest BCUT2D eigenvalue weighted by molar-refractivity contribution is 5.93. The minimum atomic E-state index is -4.44. The molecule has 0 saturated carbocycles. The topological polar surface area (TPSA) is 68.4 Å². The Morgan fingerprint density at radius 1 is 0.929 bits per heavy atom. The Morgan fingerprint density at radius 2 is 1.64 bits per heavy atom. The molecule has 2 N–H and O–H groups in total. The summed E-state index contributed by atoms with van der Waals surface area (Å²) in [4.78, 5) is 33.5. The van der Waals surface area contributed by atoms with Crippen LogP contribution in [0.15, 0.2) is 72.9 Å². The van der Waals surface area contributed by atoms with Gasteiger partial charge in [0.1, 0.15) is 6.54 Å². The number of amides is 3. The van der Waals surface area contributed by atoms with Gasteiger partial charge in [-0.05, 0) is 72.7 Å². The fourth-order valence-corrected chi connectivity index (χ4v) is 4.91. The molecule has 9 heteroatoms. The normalized spacial score (nSPS) is 11.6. The number of hydrogen-bond donors (Lipinski definition) is 2. The number of fused-ring (bicyclic) bond motifs is 1. The monoisotopic (exact) mass is 578 g/mol. The number of nitrogens with zero attached hydrogens (tertiary/aromatic N) is 2. The number of aromatic nitrogens is 1. The number of anilines is 1. The fraction of sp³-hybridized carbons (Fsp3) is 0.333. The Kier molecular flexibility index (Phi) is 9.60. The minimum Gasteiger partial charge on any atom is -0.361 e. The molecule has 1 heterocycles. The van der Waals surface area contributed by atoms with E-state index in [-0.39, 0.29) is 30.9 Å². The Bertz CT molecular complexity index is 1530. The number of H-pyrrole nitrogens is 1. The predicted molar refractivity (Wildman–Crippen MR) is 160 cm³/mol. The summed E-state index contributed by atoms with van der Waals surface area (Å²) in [7, 11) is 0. The second-order valence-electron chi connectivity index (χ2n) is 11.1. The van der Waals surface area contributed by atoms with Gasteiger partial charge in [0.2, 0.25) is 5.91 Å². The quantitative estimate of drug-likeness (QED) is 0.204. The maximum atomic E-state index is 13.8. The molecule has 0 spiro atoms. The molecule has 222 valence electrons. The van der Waals surface area contributed by atoms with Gasteiger partial charge in [0, 0.05) is 42.4 Å². The van der Waals surface area contributed by atoms with Crippen LogP contribution in [0.3, 0.4) is 0 Å². The first-order chi connectivity index (χ1) is 19.9. The van der Waals surface area contributed by atoms with Gasteiger partial charge >= 0.3 is 12.2 Å². The van der Waals surface area contributed by atoms with E-state index in [1.807, 2.05) is 76.4 Å². The molecule has 3 amide bonds. The van der Waals surface area contributed by atoms with Gasteiger partial charge in [0.25, 0.3) is 0 Å². The number of rotatable bonds is 10. The molecule has 42 heavy (non-hydrogen) atoms. The summed E-state index contributed by atoms with van der Waals surface area (Å²) >= 11 is 0. The highest BCUT2D eigenvalue weighted by Crippen LogP contribution is 2.29. The van der Waals surface area contributed by atoms with E-state index < -0.39 is 11.7 Å². The van der Waals surface area contributed by atoms with Crippen molar-refractivity contribution in [2.45, 2.75) is 46.8 Å². The van der Waals surface area contributed by atoms with E-state index in [2.05, 4.69) is 10.3 Å². The lowest BCUT2D eigenvalue weighted by Crippen LogP contribution is -2.46. The first kappa shape index (κ1) is 30.7. The van der Waals surface area contributed by atoms with E-state index in [1.54, 1.807) is 4.90 Å². The molecule has 0 aliphatic rings. The number of benzene rings is 3.